The van der Waals surface area contributed by atoms with Gasteiger partial charge in [0.1, 0.15) is 17.8 Å². The summed E-state index contributed by atoms with van der Waals surface area (Å²) in [6.07, 6.45) is 10.4. The highest BCUT2D eigenvalue weighted by molar-refractivity contribution is 9.10. The maximum Gasteiger partial charge on any atom is 0.146 e. The van der Waals surface area contributed by atoms with Crippen molar-refractivity contribution in [3.05, 3.63) is 17.0 Å². The topological polar surface area (TPSA) is 40.4 Å². The molecule has 4 heterocycles. The van der Waals surface area contributed by atoms with Gasteiger partial charge in [0.2, 0.25) is 0 Å². The zero-order valence-corrected chi connectivity index (χ0v) is 17.7. The standard InChI is InChI=1S/C20H29BrN6/c1-24-8-10-25(11-9-24)16-4-2-3-7-26(12-16)19-18-17(21)13-27(15-5-6-15)20(18)23-14-22-19/h13-16H,2-12H2,1H3. The lowest BCUT2D eigenvalue weighted by molar-refractivity contribution is 0.110. The minimum Gasteiger partial charge on any atom is -0.354 e. The molecule has 2 saturated heterocycles. The van der Waals surface area contributed by atoms with Crippen molar-refractivity contribution >= 4 is 32.8 Å². The zero-order chi connectivity index (χ0) is 18.4. The molecule has 6 nitrogen and oxygen atoms in total. The summed E-state index contributed by atoms with van der Waals surface area (Å²) in [4.78, 5) is 17.1. The first-order chi connectivity index (χ1) is 13.2. The van der Waals surface area contributed by atoms with Gasteiger partial charge in [-0.25, -0.2) is 9.97 Å². The van der Waals surface area contributed by atoms with E-state index in [0.29, 0.717) is 12.1 Å². The molecule has 2 aromatic heterocycles. The van der Waals surface area contributed by atoms with E-state index >= 15 is 0 Å². The van der Waals surface area contributed by atoms with Gasteiger partial charge in [0.25, 0.3) is 0 Å². The average Bonchev–Trinajstić information content (AvgIpc) is 3.49. The van der Waals surface area contributed by atoms with Gasteiger partial charge in [-0.05, 0) is 48.7 Å². The number of nitrogens with zero attached hydrogens (tertiary/aromatic N) is 6. The Bertz CT molecular complexity index is 808. The number of aromatic nitrogens is 3. The summed E-state index contributed by atoms with van der Waals surface area (Å²) >= 11 is 3.81. The lowest BCUT2D eigenvalue weighted by atomic mass is 10.1. The van der Waals surface area contributed by atoms with Gasteiger partial charge in [-0.3, -0.25) is 4.90 Å². The van der Waals surface area contributed by atoms with E-state index in [0.717, 1.165) is 29.0 Å². The van der Waals surface area contributed by atoms with Gasteiger partial charge in [-0.15, -0.1) is 0 Å². The van der Waals surface area contributed by atoms with Crippen LogP contribution in [0.25, 0.3) is 11.0 Å². The van der Waals surface area contributed by atoms with Crippen molar-refractivity contribution in [1.29, 1.82) is 0 Å². The van der Waals surface area contributed by atoms with E-state index in [1.54, 1.807) is 6.33 Å². The van der Waals surface area contributed by atoms with Crippen LogP contribution in [0.3, 0.4) is 0 Å². The third kappa shape index (κ3) is 3.49. The van der Waals surface area contributed by atoms with E-state index in [2.05, 4.69) is 53.4 Å². The second-order valence-electron chi connectivity index (χ2n) is 8.45. The van der Waals surface area contributed by atoms with Gasteiger partial charge in [0.05, 0.1) is 5.39 Å². The van der Waals surface area contributed by atoms with Gasteiger partial charge in [0.15, 0.2) is 0 Å². The molecule has 5 rings (SSSR count). The van der Waals surface area contributed by atoms with E-state index in [9.17, 15) is 0 Å². The van der Waals surface area contributed by atoms with Crippen LogP contribution >= 0.6 is 15.9 Å². The van der Waals surface area contributed by atoms with Crippen LogP contribution in [-0.2, 0) is 0 Å². The zero-order valence-electron chi connectivity index (χ0n) is 16.1. The summed E-state index contributed by atoms with van der Waals surface area (Å²) < 4.78 is 3.49. The van der Waals surface area contributed by atoms with Crippen LogP contribution < -0.4 is 4.90 Å². The number of likely N-dealkylation sites (N-methyl/N-ethyl adjacent to an activating group) is 1. The first kappa shape index (κ1) is 17.9. The molecule has 0 N–H and O–H groups in total. The molecule has 1 aliphatic carbocycles. The minimum absolute atomic E-state index is 0.628. The first-order valence-corrected chi connectivity index (χ1v) is 11.2. The molecule has 2 aliphatic heterocycles. The Balaban J connectivity index is 1.44. The maximum atomic E-state index is 4.76. The number of piperazine rings is 1. The maximum absolute atomic E-state index is 4.76. The molecule has 1 atom stereocenters. The number of rotatable bonds is 3. The molecular formula is C20H29BrN6. The third-order valence-electron chi connectivity index (χ3n) is 6.48. The lowest BCUT2D eigenvalue weighted by Crippen LogP contribution is -2.52. The van der Waals surface area contributed by atoms with E-state index in [1.165, 1.54) is 63.7 Å². The minimum atomic E-state index is 0.628. The van der Waals surface area contributed by atoms with E-state index in [1.807, 2.05) is 0 Å². The van der Waals surface area contributed by atoms with Crippen LogP contribution in [0.1, 0.15) is 38.1 Å². The Labute approximate surface area is 169 Å². The van der Waals surface area contributed by atoms with Crippen molar-refractivity contribution < 1.29 is 0 Å². The predicted octanol–water partition coefficient (Wildman–Crippen LogP) is 3.14. The third-order valence-corrected chi connectivity index (χ3v) is 7.08. The van der Waals surface area contributed by atoms with Gasteiger partial charge >= 0.3 is 0 Å². The fourth-order valence-electron chi connectivity index (χ4n) is 4.69. The smallest absolute Gasteiger partial charge is 0.146 e. The SMILES string of the molecule is CN1CCN(C2CCCCN(c3ncnc4c3c(Br)cn4C3CC3)C2)CC1. The van der Waals surface area contributed by atoms with Crippen molar-refractivity contribution in [3.63, 3.8) is 0 Å². The van der Waals surface area contributed by atoms with Crippen molar-refractivity contribution in [2.75, 3.05) is 51.2 Å². The molecule has 0 spiro atoms. The van der Waals surface area contributed by atoms with E-state index in [4.69, 9.17) is 4.98 Å². The summed E-state index contributed by atoms with van der Waals surface area (Å²) in [7, 11) is 2.23. The molecular weight excluding hydrogens is 404 g/mol. The first-order valence-electron chi connectivity index (χ1n) is 10.4. The molecule has 3 aliphatic rings. The quantitative estimate of drug-likeness (QED) is 0.744. The fraction of sp³-hybridized carbons (Fsp3) is 0.700. The largest absolute Gasteiger partial charge is 0.354 e. The second kappa shape index (κ2) is 7.33. The van der Waals surface area contributed by atoms with E-state index in [-0.39, 0.29) is 0 Å². The number of hydrogen-bond acceptors (Lipinski definition) is 5. The highest BCUT2D eigenvalue weighted by Crippen LogP contribution is 2.41. The van der Waals surface area contributed by atoms with Crippen molar-refractivity contribution in [1.82, 2.24) is 24.3 Å². The molecule has 2 aromatic rings. The number of fused-ring (bicyclic) bond motifs is 1. The average molecular weight is 433 g/mol. The highest BCUT2D eigenvalue weighted by atomic mass is 79.9. The van der Waals surface area contributed by atoms with E-state index < -0.39 is 0 Å². The molecule has 27 heavy (non-hydrogen) atoms. The summed E-state index contributed by atoms with van der Waals surface area (Å²) in [6, 6.07) is 1.26. The van der Waals surface area contributed by atoms with Crippen molar-refractivity contribution in [2.45, 2.75) is 44.2 Å². The fourth-order valence-corrected chi connectivity index (χ4v) is 5.27. The van der Waals surface area contributed by atoms with Crippen LogP contribution in [0.4, 0.5) is 5.82 Å². The molecule has 0 bridgehead atoms. The van der Waals surface area contributed by atoms with Gasteiger partial charge in [-0.1, -0.05) is 6.42 Å². The number of anilines is 1. The van der Waals surface area contributed by atoms with Crippen molar-refractivity contribution in [2.24, 2.45) is 0 Å². The normalized spacial score (nSPS) is 25.9. The molecule has 146 valence electrons. The molecule has 7 heteroatoms. The van der Waals surface area contributed by atoms with Crippen LogP contribution in [0, 0.1) is 0 Å². The molecule has 3 fully saturated rings. The summed E-state index contributed by atoms with van der Waals surface area (Å²) in [5, 5.41) is 1.20. The molecule has 1 unspecified atom stereocenters. The van der Waals surface area contributed by atoms with Crippen molar-refractivity contribution in [3.8, 4) is 0 Å². The Kier molecular flexibility index (Phi) is 4.86. The Morgan fingerprint density at radius 3 is 2.56 bits per heavy atom. The van der Waals surface area contributed by atoms with Gasteiger partial charge < -0.3 is 14.4 Å². The number of hydrogen-bond donors (Lipinski definition) is 0. The summed E-state index contributed by atoms with van der Waals surface area (Å²) in [6.45, 7) is 6.92. The predicted molar refractivity (Wildman–Crippen MR) is 112 cm³/mol. The second-order valence-corrected chi connectivity index (χ2v) is 9.30. The Morgan fingerprint density at radius 2 is 1.78 bits per heavy atom. The van der Waals surface area contributed by atoms with Crippen LogP contribution in [0.5, 0.6) is 0 Å². The van der Waals surface area contributed by atoms with Gasteiger partial charge in [-0.2, -0.15) is 0 Å². The lowest BCUT2D eigenvalue weighted by Gasteiger charge is -2.39. The summed E-state index contributed by atoms with van der Waals surface area (Å²) in [5.41, 5.74) is 1.09. The van der Waals surface area contributed by atoms with Gasteiger partial charge in [0, 0.05) is 62.0 Å². The summed E-state index contributed by atoms with van der Waals surface area (Å²) in [5.74, 6) is 1.12. The molecule has 0 radical (unpaired) electrons. The Morgan fingerprint density at radius 1 is 0.963 bits per heavy atom. The highest BCUT2D eigenvalue weighted by Gasteiger charge is 2.30. The Hall–Kier alpha value is -1.18. The molecule has 0 amide bonds. The van der Waals surface area contributed by atoms with Crippen LogP contribution in [0.15, 0.2) is 17.0 Å². The molecule has 1 saturated carbocycles. The molecule has 0 aromatic carbocycles. The monoisotopic (exact) mass is 432 g/mol. The van der Waals surface area contributed by atoms with Crippen LogP contribution in [0.2, 0.25) is 0 Å². The van der Waals surface area contributed by atoms with Crippen LogP contribution in [-0.4, -0.2) is 76.7 Å². The number of halogens is 1.